The molecule has 0 aliphatic heterocycles. The second kappa shape index (κ2) is 5.46. The molecule has 0 bridgehead atoms. The zero-order valence-corrected chi connectivity index (χ0v) is 8.14. The van der Waals surface area contributed by atoms with Crippen LogP contribution >= 0.6 is 0 Å². The predicted octanol–water partition coefficient (Wildman–Crippen LogP) is 2.21. The maximum absolute atomic E-state index is 2.25. The van der Waals surface area contributed by atoms with Crippen molar-refractivity contribution in [1.82, 2.24) is 0 Å². The molecule has 1 rings (SSSR count). The van der Waals surface area contributed by atoms with E-state index in [0.29, 0.717) is 0 Å². The van der Waals surface area contributed by atoms with Crippen LogP contribution in [0.1, 0.15) is 31.7 Å². The zero-order valence-electron chi connectivity index (χ0n) is 8.14. The van der Waals surface area contributed by atoms with E-state index in [9.17, 15) is 0 Å². The van der Waals surface area contributed by atoms with Gasteiger partial charge in [-0.25, -0.2) is 0 Å². The number of hydrogen-bond acceptors (Lipinski definition) is 0. The first-order valence-electron chi connectivity index (χ1n) is 4.89. The van der Waals surface area contributed by atoms with E-state index in [1.807, 2.05) is 0 Å². The fourth-order valence-corrected chi connectivity index (χ4v) is 1.46. The second-order valence-electron chi connectivity index (χ2n) is 3.38. The molecule has 0 spiro atoms. The van der Waals surface area contributed by atoms with Crippen molar-refractivity contribution in [2.24, 2.45) is 0 Å². The van der Waals surface area contributed by atoms with Crippen molar-refractivity contribution in [2.75, 3.05) is 0 Å². The van der Waals surface area contributed by atoms with Crippen LogP contribution in [0, 0.1) is 0 Å². The Morgan fingerprint density at radius 1 is 1.17 bits per heavy atom. The summed E-state index contributed by atoms with van der Waals surface area (Å²) in [5, 5.41) is 0. The standard InChI is InChI=1S/C11H15.Li/c1-2-3-5-8-11-9-6-4-7-10-11;/h4,6-7,9H,2-3,5,8H2,1H3;. The molecule has 0 atom stereocenters. The van der Waals surface area contributed by atoms with Gasteiger partial charge in [0.1, 0.15) is 0 Å². The van der Waals surface area contributed by atoms with E-state index < -0.39 is 0 Å². The Morgan fingerprint density at radius 2 is 1.92 bits per heavy atom. The van der Waals surface area contributed by atoms with Crippen LogP contribution in [-0.2, 0) is 6.42 Å². The van der Waals surface area contributed by atoms with Gasteiger partial charge >= 0.3 is 84.4 Å². The van der Waals surface area contributed by atoms with Crippen molar-refractivity contribution in [2.45, 2.75) is 32.6 Å². The minimum absolute atomic E-state index is 1.25. The van der Waals surface area contributed by atoms with Gasteiger partial charge in [0, 0.05) is 0 Å². The van der Waals surface area contributed by atoms with Gasteiger partial charge in [-0.05, 0) is 0 Å². The molecule has 0 heterocycles. The van der Waals surface area contributed by atoms with Gasteiger partial charge in [-0.1, -0.05) is 0 Å². The Labute approximate surface area is 84.6 Å². The molecule has 0 saturated carbocycles. The minimum atomic E-state index is 1.25. The quantitative estimate of drug-likeness (QED) is 0.460. The SMILES string of the molecule is [Li][c]1ccccc1CCCCC. The van der Waals surface area contributed by atoms with Crippen molar-refractivity contribution in [3.63, 3.8) is 0 Å². The molecule has 0 unspecified atom stereocenters. The molecule has 60 valence electrons. The van der Waals surface area contributed by atoms with E-state index in [1.54, 1.807) is 0 Å². The molecule has 0 nitrogen and oxygen atoms in total. The predicted molar refractivity (Wildman–Crippen MR) is 55.1 cm³/mol. The van der Waals surface area contributed by atoms with E-state index in [4.69, 9.17) is 0 Å². The molecule has 0 aliphatic rings. The number of aryl methyl sites for hydroxylation is 1. The summed E-state index contributed by atoms with van der Waals surface area (Å²) in [5.41, 5.74) is 1.52. The molecule has 1 heteroatoms. The normalized spacial score (nSPS) is 10.2. The number of hydrogen-bond donors (Lipinski definition) is 0. The van der Waals surface area contributed by atoms with E-state index in [-0.39, 0.29) is 0 Å². The average molecular weight is 154 g/mol. The van der Waals surface area contributed by atoms with Crippen LogP contribution in [0.15, 0.2) is 24.3 Å². The molecule has 0 amide bonds. The van der Waals surface area contributed by atoms with Gasteiger partial charge in [-0.15, -0.1) is 0 Å². The molecule has 0 saturated heterocycles. The van der Waals surface area contributed by atoms with Crippen LogP contribution in [0.25, 0.3) is 0 Å². The maximum atomic E-state index is 2.25. The summed E-state index contributed by atoms with van der Waals surface area (Å²) in [6.45, 7) is 2.25. The third-order valence-corrected chi connectivity index (χ3v) is 2.31. The fourth-order valence-electron chi connectivity index (χ4n) is 1.46. The Morgan fingerprint density at radius 3 is 2.58 bits per heavy atom. The summed E-state index contributed by atoms with van der Waals surface area (Å²) in [6.07, 6.45) is 5.25. The van der Waals surface area contributed by atoms with Crippen LogP contribution in [0.3, 0.4) is 0 Å². The second-order valence-corrected chi connectivity index (χ2v) is 3.38. The van der Waals surface area contributed by atoms with Crippen LogP contribution in [0.2, 0.25) is 0 Å². The Balaban J connectivity index is 2.46. The summed E-state index contributed by atoms with van der Waals surface area (Å²) in [6, 6.07) is 8.68. The first-order valence-corrected chi connectivity index (χ1v) is 4.89. The summed E-state index contributed by atoms with van der Waals surface area (Å²) in [4.78, 5) is 0. The molecule has 12 heavy (non-hydrogen) atoms. The first-order chi connectivity index (χ1) is 5.84. The molecule has 0 N–H and O–H groups in total. The molecule has 0 fully saturated rings. The van der Waals surface area contributed by atoms with Crippen LogP contribution in [0.5, 0.6) is 0 Å². The van der Waals surface area contributed by atoms with E-state index in [0.717, 1.165) is 0 Å². The molecule has 0 aliphatic carbocycles. The van der Waals surface area contributed by atoms with Crippen LogP contribution in [-0.4, -0.2) is 17.7 Å². The van der Waals surface area contributed by atoms with Crippen molar-refractivity contribution in [3.8, 4) is 0 Å². The Bertz CT molecular complexity index is 230. The van der Waals surface area contributed by atoms with Crippen molar-refractivity contribution >= 4 is 22.0 Å². The fraction of sp³-hybridized carbons (Fsp3) is 0.455. The molecular weight excluding hydrogens is 139 g/mol. The summed E-state index contributed by atoms with van der Waals surface area (Å²) < 4.78 is 1.44. The summed E-state index contributed by atoms with van der Waals surface area (Å²) >= 11 is 2.20. The molecule has 1 aromatic carbocycles. The number of benzene rings is 1. The van der Waals surface area contributed by atoms with Gasteiger partial charge in [-0.3, -0.25) is 0 Å². The average Bonchev–Trinajstić information content (AvgIpc) is 2.09. The van der Waals surface area contributed by atoms with Crippen molar-refractivity contribution < 1.29 is 0 Å². The Kier molecular flexibility index (Phi) is 4.51. The van der Waals surface area contributed by atoms with Crippen LogP contribution in [0.4, 0.5) is 0 Å². The zero-order chi connectivity index (χ0) is 8.81. The Hall–Kier alpha value is -0.183. The van der Waals surface area contributed by atoms with E-state index >= 15 is 0 Å². The van der Waals surface area contributed by atoms with Crippen molar-refractivity contribution in [3.05, 3.63) is 29.8 Å². The van der Waals surface area contributed by atoms with Gasteiger partial charge in [0.2, 0.25) is 0 Å². The molecule has 0 aromatic heterocycles. The number of rotatable bonds is 4. The van der Waals surface area contributed by atoms with Gasteiger partial charge in [0.25, 0.3) is 0 Å². The van der Waals surface area contributed by atoms with Gasteiger partial charge in [0.15, 0.2) is 0 Å². The first kappa shape index (κ1) is 9.90. The van der Waals surface area contributed by atoms with Gasteiger partial charge < -0.3 is 0 Å². The summed E-state index contributed by atoms with van der Waals surface area (Å²) in [5.74, 6) is 0. The molecule has 1 aromatic rings. The third-order valence-electron chi connectivity index (χ3n) is 2.31. The third kappa shape index (κ3) is 3.05. The van der Waals surface area contributed by atoms with E-state index in [1.165, 1.54) is 35.5 Å². The molecule has 0 radical (unpaired) electrons. The van der Waals surface area contributed by atoms with Crippen molar-refractivity contribution in [1.29, 1.82) is 0 Å². The van der Waals surface area contributed by atoms with Gasteiger partial charge in [-0.2, -0.15) is 0 Å². The molecular formula is C11H15Li. The van der Waals surface area contributed by atoms with Gasteiger partial charge in [0.05, 0.1) is 0 Å². The monoisotopic (exact) mass is 154 g/mol. The summed E-state index contributed by atoms with van der Waals surface area (Å²) in [7, 11) is 0. The topological polar surface area (TPSA) is 0 Å². The van der Waals surface area contributed by atoms with Crippen LogP contribution < -0.4 is 4.24 Å². The number of unbranched alkanes of at least 4 members (excludes halogenated alkanes) is 2. The van der Waals surface area contributed by atoms with E-state index in [2.05, 4.69) is 48.9 Å².